The number of aromatic nitrogens is 4. The Morgan fingerprint density at radius 2 is 2.17 bits per heavy atom. The van der Waals surface area contributed by atoms with Crippen molar-refractivity contribution >= 4 is 34.2 Å². The molecule has 0 saturated carbocycles. The molecule has 0 fully saturated rings. The molecule has 2 rings (SSSR count). The minimum absolute atomic E-state index is 0.410. The zero-order valence-corrected chi connectivity index (χ0v) is 13.2. The summed E-state index contributed by atoms with van der Waals surface area (Å²) in [7, 11) is 3.50. The van der Waals surface area contributed by atoms with Gasteiger partial charge in [0.1, 0.15) is 5.15 Å². The van der Waals surface area contributed by atoms with Crippen molar-refractivity contribution in [2.24, 2.45) is 7.05 Å². The van der Waals surface area contributed by atoms with Gasteiger partial charge in [0.15, 0.2) is 5.82 Å². The fourth-order valence-corrected chi connectivity index (χ4v) is 2.12. The highest BCUT2D eigenvalue weighted by Crippen LogP contribution is 2.25. The fraction of sp³-hybridized carbons (Fsp3) is 0.364. The summed E-state index contributed by atoms with van der Waals surface area (Å²) in [6.07, 6.45) is 1.74. The summed E-state index contributed by atoms with van der Waals surface area (Å²) in [5, 5.41) is 4.62. The van der Waals surface area contributed by atoms with Crippen LogP contribution < -0.4 is 0 Å². The number of ether oxygens (including phenoxy) is 1. The van der Waals surface area contributed by atoms with Crippen LogP contribution in [0.2, 0.25) is 5.15 Å². The molecule has 5 nitrogen and oxygen atoms in total. The Bertz CT molecular complexity index is 585. The number of nitrogens with zero attached hydrogens (tertiary/aromatic N) is 4. The maximum atomic E-state index is 6.12. The van der Waals surface area contributed by atoms with Gasteiger partial charge in [-0.25, -0.2) is 9.97 Å². The van der Waals surface area contributed by atoms with E-state index >= 15 is 0 Å². The van der Waals surface area contributed by atoms with Gasteiger partial charge in [0, 0.05) is 19.9 Å². The first-order valence-electron chi connectivity index (χ1n) is 5.24. The van der Waals surface area contributed by atoms with Crippen LogP contribution in [-0.4, -0.2) is 26.9 Å². The molecule has 2 aromatic rings. The van der Waals surface area contributed by atoms with E-state index in [9.17, 15) is 0 Å². The van der Waals surface area contributed by atoms with Gasteiger partial charge in [0.2, 0.25) is 0 Å². The summed E-state index contributed by atoms with van der Waals surface area (Å²) in [4.78, 5) is 8.78. The predicted octanol–water partition coefficient (Wildman–Crippen LogP) is 2.59. The van der Waals surface area contributed by atoms with E-state index in [4.69, 9.17) is 16.3 Å². The van der Waals surface area contributed by atoms with Gasteiger partial charge in [0.25, 0.3) is 0 Å². The third-order valence-corrected chi connectivity index (χ3v) is 4.36. The molecule has 0 atom stereocenters. The average Bonchev–Trinajstić information content (AvgIpc) is 2.66. The van der Waals surface area contributed by atoms with Gasteiger partial charge in [-0.2, -0.15) is 5.10 Å². The first-order valence-corrected chi connectivity index (χ1v) is 6.70. The largest absolute Gasteiger partial charge is 0.378 e. The van der Waals surface area contributed by atoms with Crippen LogP contribution in [0.4, 0.5) is 0 Å². The van der Waals surface area contributed by atoms with Crippen molar-refractivity contribution < 1.29 is 4.74 Å². The van der Waals surface area contributed by atoms with Crippen LogP contribution >= 0.6 is 34.2 Å². The van der Waals surface area contributed by atoms with Gasteiger partial charge in [0.05, 0.1) is 27.6 Å². The highest BCUT2D eigenvalue weighted by Gasteiger charge is 2.15. The molecule has 0 radical (unpaired) electrons. The molecule has 0 amide bonds. The smallest absolute Gasteiger partial charge is 0.164 e. The molecule has 0 bridgehead atoms. The molecule has 2 heterocycles. The highest BCUT2D eigenvalue weighted by molar-refractivity contribution is 14.1. The lowest BCUT2D eigenvalue weighted by Gasteiger charge is -2.07. The maximum Gasteiger partial charge on any atom is 0.164 e. The van der Waals surface area contributed by atoms with Crippen LogP contribution in [-0.2, 0) is 18.4 Å². The van der Waals surface area contributed by atoms with E-state index in [1.165, 1.54) is 0 Å². The van der Waals surface area contributed by atoms with Crippen LogP contribution in [0.3, 0.4) is 0 Å². The Balaban J connectivity index is 2.55. The molecule has 0 aliphatic carbocycles. The standard InChI is InChI=1S/C11H12ClIN4O/c1-6-7(4-14-17(6)2)11-15-8(5-18-3)9(13)10(12)16-11/h4H,5H2,1-3H3. The normalized spacial score (nSPS) is 10.9. The Morgan fingerprint density at radius 3 is 2.72 bits per heavy atom. The molecule has 7 heteroatoms. The first kappa shape index (κ1) is 13.7. The first-order chi connectivity index (χ1) is 8.54. The second kappa shape index (κ2) is 5.50. The van der Waals surface area contributed by atoms with E-state index in [0.29, 0.717) is 17.6 Å². The van der Waals surface area contributed by atoms with E-state index in [-0.39, 0.29) is 0 Å². The van der Waals surface area contributed by atoms with Crippen molar-refractivity contribution in [3.8, 4) is 11.4 Å². The number of aryl methyl sites for hydroxylation is 1. The summed E-state index contributed by atoms with van der Waals surface area (Å²) in [6, 6.07) is 0. The Morgan fingerprint density at radius 1 is 1.44 bits per heavy atom. The van der Waals surface area contributed by atoms with Crippen molar-refractivity contribution in [1.29, 1.82) is 0 Å². The third-order valence-electron chi connectivity index (χ3n) is 2.64. The van der Waals surface area contributed by atoms with Crippen LogP contribution in [0.15, 0.2) is 6.20 Å². The number of hydrogen-bond acceptors (Lipinski definition) is 4. The Kier molecular flexibility index (Phi) is 4.18. The second-order valence-electron chi connectivity index (χ2n) is 3.80. The van der Waals surface area contributed by atoms with Gasteiger partial charge in [-0.3, -0.25) is 4.68 Å². The number of methoxy groups -OCH3 is 1. The predicted molar refractivity (Wildman–Crippen MR) is 77.4 cm³/mol. The average molecular weight is 379 g/mol. The zero-order chi connectivity index (χ0) is 13.3. The fourth-order valence-electron chi connectivity index (χ4n) is 1.53. The molecule has 0 aromatic carbocycles. The monoisotopic (exact) mass is 378 g/mol. The van der Waals surface area contributed by atoms with Crippen molar-refractivity contribution in [2.75, 3.05) is 7.11 Å². The molecule has 0 spiro atoms. The molecule has 96 valence electrons. The van der Waals surface area contributed by atoms with E-state index in [2.05, 4.69) is 37.7 Å². The van der Waals surface area contributed by atoms with Crippen molar-refractivity contribution in [3.05, 3.63) is 26.3 Å². The SMILES string of the molecule is COCc1nc(-c2cnn(C)c2C)nc(Cl)c1I. The lowest BCUT2D eigenvalue weighted by molar-refractivity contribution is 0.181. The lowest BCUT2D eigenvalue weighted by Crippen LogP contribution is -2.02. The molecule has 0 saturated heterocycles. The molecule has 2 aromatic heterocycles. The van der Waals surface area contributed by atoms with Crippen LogP contribution in [0.25, 0.3) is 11.4 Å². The van der Waals surface area contributed by atoms with Gasteiger partial charge < -0.3 is 4.74 Å². The highest BCUT2D eigenvalue weighted by atomic mass is 127. The minimum atomic E-state index is 0.410. The number of hydrogen-bond donors (Lipinski definition) is 0. The van der Waals surface area contributed by atoms with Gasteiger partial charge in [-0.15, -0.1) is 0 Å². The van der Waals surface area contributed by atoms with Crippen LogP contribution in [0, 0.1) is 10.5 Å². The third kappa shape index (κ3) is 2.50. The summed E-state index contributed by atoms with van der Waals surface area (Å²) in [5.74, 6) is 0.582. The summed E-state index contributed by atoms with van der Waals surface area (Å²) in [5.41, 5.74) is 2.67. The molecule has 0 aliphatic heterocycles. The topological polar surface area (TPSA) is 52.8 Å². The molecular formula is C11H12ClIN4O. The molecule has 0 unspecified atom stereocenters. The van der Waals surface area contributed by atoms with Crippen molar-refractivity contribution in [2.45, 2.75) is 13.5 Å². The molecule has 0 N–H and O–H groups in total. The van der Waals surface area contributed by atoms with Crippen LogP contribution in [0.5, 0.6) is 0 Å². The molecule has 0 aliphatic rings. The minimum Gasteiger partial charge on any atom is -0.378 e. The number of rotatable bonds is 3. The Labute approximate surface area is 124 Å². The van der Waals surface area contributed by atoms with Crippen molar-refractivity contribution in [1.82, 2.24) is 19.7 Å². The van der Waals surface area contributed by atoms with E-state index in [0.717, 1.165) is 20.5 Å². The van der Waals surface area contributed by atoms with Gasteiger partial charge in [-0.1, -0.05) is 11.6 Å². The quantitative estimate of drug-likeness (QED) is 0.608. The van der Waals surface area contributed by atoms with Crippen molar-refractivity contribution in [3.63, 3.8) is 0 Å². The second-order valence-corrected chi connectivity index (χ2v) is 5.24. The molecular weight excluding hydrogens is 367 g/mol. The van der Waals surface area contributed by atoms with E-state index < -0.39 is 0 Å². The Hall–Kier alpha value is -0.730. The van der Waals surface area contributed by atoms with E-state index in [1.54, 1.807) is 18.0 Å². The maximum absolute atomic E-state index is 6.12. The van der Waals surface area contributed by atoms with Gasteiger partial charge >= 0.3 is 0 Å². The summed E-state index contributed by atoms with van der Waals surface area (Å²) in [6.45, 7) is 2.38. The lowest BCUT2D eigenvalue weighted by atomic mass is 10.2. The number of halogens is 2. The summed E-state index contributed by atoms with van der Waals surface area (Å²) >= 11 is 8.24. The summed E-state index contributed by atoms with van der Waals surface area (Å²) < 4.78 is 7.71. The zero-order valence-electron chi connectivity index (χ0n) is 10.2. The van der Waals surface area contributed by atoms with E-state index in [1.807, 2.05) is 14.0 Å². The van der Waals surface area contributed by atoms with Crippen LogP contribution in [0.1, 0.15) is 11.4 Å². The van der Waals surface area contributed by atoms with Gasteiger partial charge in [-0.05, 0) is 29.5 Å². The molecule has 18 heavy (non-hydrogen) atoms.